The van der Waals surface area contributed by atoms with Gasteiger partial charge in [-0.05, 0) is 24.3 Å². The van der Waals surface area contributed by atoms with E-state index in [2.05, 4.69) is 10.2 Å². The third-order valence-electron chi connectivity index (χ3n) is 3.43. The van der Waals surface area contributed by atoms with Crippen molar-refractivity contribution in [2.24, 2.45) is 7.05 Å². The Bertz CT molecular complexity index is 881. The fourth-order valence-electron chi connectivity index (χ4n) is 2.39. The summed E-state index contributed by atoms with van der Waals surface area (Å²) in [6, 6.07) is 8.87. The number of halogens is 2. The minimum Gasteiger partial charge on any atom is -0.481 e. The highest BCUT2D eigenvalue weighted by atomic mass is 35.5. The van der Waals surface area contributed by atoms with E-state index in [9.17, 15) is 4.79 Å². The molecule has 1 N–H and O–H groups in total. The topological polar surface area (TPSA) is 72.9 Å². The van der Waals surface area contributed by atoms with E-state index in [1.165, 1.54) is 0 Å². The molecular formula is C16H14Cl2N4O2. The van der Waals surface area contributed by atoms with E-state index in [-0.39, 0.29) is 6.42 Å². The maximum absolute atomic E-state index is 10.8. The Kier molecular flexibility index (Phi) is 4.59. The molecule has 1 aromatic carbocycles. The standard InChI is InChI=1S/C16H14Cl2N4O2/c1-21-5-4-15(20-21)22-14(9-13(19-22)2-3-16(23)24)10-6-11(17)8-12(18)7-10/h4-9H,2-3H2,1H3,(H,23,24). The van der Waals surface area contributed by atoms with Gasteiger partial charge in [0.25, 0.3) is 0 Å². The van der Waals surface area contributed by atoms with E-state index in [0.29, 0.717) is 28.0 Å². The number of carboxylic acid groups (broad SMARTS) is 1. The van der Waals surface area contributed by atoms with Crippen LogP contribution in [0.25, 0.3) is 17.1 Å². The molecule has 3 rings (SSSR count). The largest absolute Gasteiger partial charge is 0.481 e. The highest BCUT2D eigenvalue weighted by Crippen LogP contribution is 2.29. The highest BCUT2D eigenvalue weighted by molar-refractivity contribution is 6.35. The van der Waals surface area contributed by atoms with Crippen LogP contribution in [0.15, 0.2) is 36.5 Å². The number of aryl methyl sites for hydroxylation is 2. The van der Waals surface area contributed by atoms with Gasteiger partial charge in [-0.15, -0.1) is 0 Å². The Morgan fingerprint density at radius 1 is 1.17 bits per heavy atom. The van der Waals surface area contributed by atoms with Gasteiger partial charge in [-0.2, -0.15) is 10.2 Å². The van der Waals surface area contributed by atoms with Crippen molar-refractivity contribution >= 4 is 29.2 Å². The summed E-state index contributed by atoms with van der Waals surface area (Å²) in [5, 5.41) is 18.7. The summed E-state index contributed by atoms with van der Waals surface area (Å²) in [6.45, 7) is 0. The molecule has 24 heavy (non-hydrogen) atoms. The monoisotopic (exact) mass is 364 g/mol. The lowest BCUT2D eigenvalue weighted by atomic mass is 10.1. The third-order valence-corrected chi connectivity index (χ3v) is 3.87. The van der Waals surface area contributed by atoms with Gasteiger partial charge in [-0.1, -0.05) is 23.2 Å². The van der Waals surface area contributed by atoms with Crippen LogP contribution in [0.5, 0.6) is 0 Å². The van der Waals surface area contributed by atoms with Crippen LogP contribution in [0.1, 0.15) is 12.1 Å². The Balaban J connectivity index is 2.09. The van der Waals surface area contributed by atoms with Crippen LogP contribution in [-0.2, 0) is 18.3 Å². The van der Waals surface area contributed by atoms with Gasteiger partial charge in [0.1, 0.15) is 0 Å². The van der Waals surface area contributed by atoms with E-state index in [1.807, 2.05) is 25.4 Å². The molecule has 0 aliphatic rings. The molecule has 0 fully saturated rings. The lowest BCUT2D eigenvalue weighted by molar-refractivity contribution is -0.136. The molecule has 2 heterocycles. The molecule has 2 aromatic heterocycles. The molecule has 3 aromatic rings. The number of hydrogen-bond donors (Lipinski definition) is 1. The fourth-order valence-corrected chi connectivity index (χ4v) is 2.91. The van der Waals surface area contributed by atoms with Crippen molar-refractivity contribution in [1.82, 2.24) is 19.6 Å². The first-order valence-electron chi connectivity index (χ1n) is 7.19. The van der Waals surface area contributed by atoms with Crippen molar-refractivity contribution in [3.8, 4) is 17.1 Å². The van der Waals surface area contributed by atoms with Gasteiger partial charge in [0.15, 0.2) is 5.82 Å². The number of carbonyl (C=O) groups is 1. The number of hydrogen-bond acceptors (Lipinski definition) is 3. The molecule has 0 saturated heterocycles. The van der Waals surface area contributed by atoms with Crippen LogP contribution in [0.4, 0.5) is 0 Å². The van der Waals surface area contributed by atoms with E-state index in [0.717, 1.165) is 11.3 Å². The summed E-state index contributed by atoms with van der Waals surface area (Å²) < 4.78 is 3.34. The fraction of sp³-hybridized carbons (Fsp3) is 0.188. The Morgan fingerprint density at radius 3 is 2.46 bits per heavy atom. The SMILES string of the molecule is Cn1ccc(-n2nc(CCC(=O)O)cc2-c2cc(Cl)cc(Cl)c2)n1. The van der Waals surface area contributed by atoms with Gasteiger partial charge in [0.05, 0.1) is 17.8 Å². The Morgan fingerprint density at radius 2 is 1.88 bits per heavy atom. The summed E-state index contributed by atoms with van der Waals surface area (Å²) in [4.78, 5) is 10.8. The zero-order valence-electron chi connectivity index (χ0n) is 12.8. The van der Waals surface area contributed by atoms with Crippen molar-refractivity contribution in [2.75, 3.05) is 0 Å². The minimum atomic E-state index is -0.866. The lowest BCUT2D eigenvalue weighted by Crippen LogP contribution is -2.03. The molecule has 0 unspecified atom stereocenters. The zero-order chi connectivity index (χ0) is 17.3. The Hall–Kier alpha value is -2.31. The first kappa shape index (κ1) is 16.5. The van der Waals surface area contributed by atoms with Crippen LogP contribution in [0.2, 0.25) is 10.0 Å². The van der Waals surface area contributed by atoms with Gasteiger partial charge >= 0.3 is 5.97 Å². The molecule has 0 bridgehead atoms. The first-order valence-corrected chi connectivity index (χ1v) is 7.95. The second kappa shape index (κ2) is 6.67. The number of nitrogens with zero attached hydrogens (tertiary/aromatic N) is 4. The minimum absolute atomic E-state index is 0.00890. The summed E-state index contributed by atoms with van der Waals surface area (Å²) in [7, 11) is 1.81. The highest BCUT2D eigenvalue weighted by Gasteiger charge is 2.15. The second-order valence-electron chi connectivity index (χ2n) is 5.33. The molecule has 0 aliphatic heterocycles. The van der Waals surface area contributed by atoms with Gasteiger partial charge in [0.2, 0.25) is 0 Å². The van der Waals surface area contributed by atoms with Crippen molar-refractivity contribution in [1.29, 1.82) is 0 Å². The summed E-state index contributed by atoms with van der Waals surface area (Å²) in [5.74, 6) is -0.236. The quantitative estimate of drug-likeness (QED) is 0.750. The van der Waals surface area contributed by atoms with Crippen LogP contribution in [0.3, 0.4) is 0 Å². The predicted molar refractivity (Wildman–Crippen MR) is 91.7 cm³/mol. The molecule has 0 amide bonds. The average Bonchev–Trinajstić information content (AvgIpc) is 3.10. The number of rotatable bonds is 5. The number of aliphatic carboxylic acids is 1. The summed E-state index contributed by atoms with van der Waals surface area (Å²) in [5.41, 5.74) is 2.19. The maximum Gasteiger partial charge on any atom is 0.303 e. The van der Waals surface area contributed by atoms with Crippen LogP contribution in [-0.4, -0.2) is 30.6 Å². The summed E-state index contributed by atoms with van der Waals surface area (Å²) >= 11 is 12.2. The predicted octanol–water partition coefficient (Wildman–Crippen LogP) is 3.60. The Labute approximate surface area is 148 Å². The lowest BCUT2D eigenvalue weighted by Gasteiger charge is -2.06. The third kappa shape index (κ3) is 3.60. The zero-order valence-corrected chi connectivity index (χ0v) is 14.3. The average molecular weight is 365 g/mol. The van der Waals surface area contributed by atoms with Crippen molar-refractivity contribution in [3.05, 3.63) is 52.3 Å². The second-order valence-corrected chi connectivity index (χ2v) is 6.21. The van der Waals surface area contributed by atoms with Gasteiger partial charge in [-0.25, -0.2) is 4.68 Å². The van der Waals surface area contributed by atoms with Crippen molar-refractivity contribution < 1.29 is 9.90 Å². The number of carboxylic acids is 1. The van der Waals surface area contributed by atoms with Crippen molar-refractivity contribution in [3.63, 3.8) is 0 Å². The van der Waals surface area contributed by atoms with Gasteiger partial charge in [-0.3, -0.25) is 9.48 Å². The molecule has 0 spiro atoms. The number of benzene rings is 1. The molecule has 0 radical (unpaired) electrons. The molecule has 0 atom stereocenters. The van der Waals surface area contributed by atoms with Gasteiger partial charge < -0.3 is 5.11 Å². The van der Waals surface area contributed by atoms with Crippen LogP contribution >= 0.6 is 23.2 Å². The number of aromatic nitrogens is 4. The van der Waals surface area contributed by atoms with E-state index < -0.39 is 5.97 Å². The normalized spacial score (nSPS) is 11.0. The van der Waals surface area contributed by atoms with Gasteiger partial charge in [0, 0.05) is 41.3 Å². The molecule has 124 valence electrons. The smallest absolute Gasteiger partial charge is 0.303 e. The van der Waals surface area contributed by atoms with E-state index >= 15 is 0 Å². The van der Waals surface area contributed by atoms with Crippen LogP contribution in [0, 0.1) is 0 Å². The van der Waals surface area contributed by atoms with E-state index in [1.54, 1.807) is 27.6 Å². The first-order chi connectivity index (χ1) is 11.4. The van der Waals surface area contributed by atoms with Crippen LogP contribution < -0.4 is 0 Å². The molecule has 6 nitrogen and oxygen atoms in total. The molecule has 0 aliphatic carbocycles. The van der Waals surface area contributed by atoms with E-state index in [4.69, 9.17) is 28.3 Å². The molecule has 8 heteroatoms. The molecular weight excluding hydrogens is 351 g/mol. The maximum atomic E-state index is 10.8. The van der Waals surface area contributed by atoms with Crippen molar-refractivity contribution in [2.45, 2.75) is 12.8 Å². The molecule has 0 saturated carbocycles. The summed E-state index contributed by atoms with van der Waals surface area (Å²) in [6.07, 6.45) is 2.15.